The molecule has 0 spiro atoms. The Bertz CT molecular complexity index is 404. The van der Waals surface area contributed by atoms with Gasteiger partial charge in [-0.05, 0) is 11.6 Å². The Kier molecular flexibility index (Phi) is 3.59. The Balaban J connectivity index is 3.12. The number of hydrogen-bond donors (Lipinski definition) is 0. The number of nitro benzene ring substituents is 1. The highest BCUT2D eigenvalue weighted by molar-refractivity contribution is 5.37. The number of ether oxygens (including phenoxy) is 1. The quantitative estimate of drug-likeness (QED) is 0.587. The van der Waals surface area contributed by atoms with E-state index in [2.05, 4.69) is 0 Å². The predicted octanol–water partition coefficient (Wildman–Crippen LogP) is 2.66. The maximum atomic E-state index is 13.7. The van der Waals surface area contributed by atoms with Crippen LogP contribution in [0.5, 0.6) is 0 Å². The number of nitrogens with zero attached hydrogens (tertiary/aromatic N) is 1. The van der Waals surface area contributed by atoms with Crippen molar-refractivity contribution in [2.24, 2.45) is 0 Å². The molecule has 0 heterocycles. The fourth-order valence-corrected chi connectivity index (χ4v) is 1.61. The van der Waals surface area contributed by atoms with Crippen LogP contribution in [-0.2, 0) is 10.2 Å². The molecule has 0 saturated carbocycles. The first-order valence-electron chi connectivity index (χ1n) is 4.82. The second-order valence-electron chi connectivity index (χ2n) is 4.24. The standard InChI is InChI=1S/C11H14FNO3/c1-11(2,7-16-3)9-5-4-8(13(14)15)6-10(9)12/h4-6H,7H2,1-3H3. The molecule has 0 aliphatic rings. The summed E-state index contributed by atoms with van der Waals surface area (Å²) >= 11 is 0. The summed E-state index contributed by atoms with van der Waals surface area (Å²) in [6.07, 6.45) is 0. The summed E-state index contributed by atoms with van der Waals surface area (Å²) < 4.78 is 18.7. The van der Waals surface area contributed by atoms with Crippen molar-refractivity contribution >= 4 is 5.69 Å². The average Bonchev–Trinajstić information content (AvgIpc) is 2.16. The fraction of sp³-hybridized carbons (Fsp3) is 0.455. The van der Waals surface area contributed by atoms with Crippen LogP contribution >= 0.6 is 0 Å². The summed E-state index contributed by atoms with van der Waals surface area (Å²) in [7, 11) is 1.53. The summed E-state index contributed by atoms with van der Waals surface area (Å²) in [6, 6.07) is 3.68. The van der Waals surface area contributed by atoms with Crippen molar-refractivity contribution in [2.75, 3.05) is 13.7 Å². The number of non-ortho nitro benzene ring substituents is 1. The molecule has 0 amide bonds. The second kappa shape index (κ2) is 4.57. The Morgan fingerprint density at radius 3 is 2.56 bits per heavy atom. The van der Waals surface area contributed by atoms with Gasteiger partial charge in [-0.15, -0.1) is 0 Å². The summed E-state index contributed by atoms with van der Waals surface area (Å²) in [4.78, 5) is 9.84. The van der Waals surface area contributed by atoms with Gasteiger partial charge in [-0.2, -0.15) is 0 Å². The van der Waals surface area contributed by atoms with Gasteiger partial charge in [0.2, 0.25) is 0 Å². The highest BCUT2D eigenvalue weighted by Gasteiger charge is 2.25. The molecule has 1 aromatic carbocycles. The van der Waals surface area contributed by atoms with Crippen LogP contribution in [-0.4, -0.2) is 18.6 Å². The van der Waals surface area contributed by atoms with Crippen molar-refractivity contribution in [1.82, 2.24) is 0 Å². The lowest BCUT2D eigenvalue weighted by molar-refractivity contribution is -0.385. The second-order valence-corrected chi connectivity index (χ2v) is 4.24. The van der Waals surface area contributed by atoms with Crippen molar-refractivity contribution in [3.8, 4) is 0 Å². The minimum Gasteiger partial charge on any atom is -0.384 e. The van der Waals surface area contributed by atoms with Crippen molar-refractivity contribution in [3.63, 3.8) is 0 Å². The third-order valence-corrected chi connectivity index (χ3v) is 2.40. The zero-order chi connectivity index (χ0) is 12.3. The lowest BCUT2D eigenvalue weighted by atomic mass is 9.85. The van der Waals surface area contributed by atoms with Gasteiger partial charge in [0.25, 0.3) is 5.69 Å². The molecular formula is C11H14FNO3. The van der Waals surface area contributed by atoms with Crippen LogP contribution in [0, 0.1) is 15.9 Å². The third-order valence-electron chi connectivity index (χ3n) is 2.40. The molecule has 0 aromatic heterocycles. The van der Waals surface area contributed by atoms with E-state index in [0.717, 1.165) is 6.07 Å². The van der Waals surface area contributed by atoms with E-state index in [1.165, 1.54) is 19.2 Å². The molecule has 0 N–H and O–H groups in total. The van der Waals surface area contributed by atoms with E-state index in [9.17, 15) is 14.5 Å². The fourth-order valence-electron chi connectivity index (χ4n) is 1.61. The van der Waals surface area contributed by atoms with Gasteiger partial charge in [-0.3, -0.25) is 10.1 Å². The van der Waals surface area contributed by atoms with Crippen LogP contribution < -0.4 is 0 Å². The minimum absolute atomic E-state index is 0.241. The lowest BCUT2D eigenvalue weighted by Gasteiger charge is -2.24. The van der Waals surface area contributed by atoms with Crippen LogP contribution in [0.15, 0.2) is 18.2 Å². The number of methoxy groups -OCH3 is 1. The molecule has 16 heavy (non-hydrogen) atoms. The molecule has 0 aliphatic heterocycles. The Hall–Kier alpha value is -1.49. The minimum atomic E-state index is -0.615. The number of nitro groups is 1. The van der Waals surface area contributed by atoms with Crippen LogP contribution in [0.1, 0.15) is 19.4 Å². The molecule has 0 radical (unpaired) electrons. The monoisotopic (exact) mass is 227 g/mol. The Labute approximate surface area is 93.2 Å². The van der Waals surface area contributed by atoms with Crippen LogP contribution in [0.4, 0.5) is 10.1 Å². The molecule has 88 valence electrons. The average molecular weight is 227 g/mol. The van der Waals surface area contributed by atoms with Gasteiger partial charge < -0.3 is 4.74 Å². The third kappa shape index (κ3) is 2.55. The molecule has 0 saturated heterocycles. The van der Waals surface area contributed by atoms with Gasteiger partial charge in [0, 0.05) is 18.6 Å². The molecule has 1 aromatic rings. The van der Waals surface area contributed by atoms with E-state index >= 15 is 0 Å². The van der Waals surface area contributed by atoms with Crippen molar-refractivity contribution in [2.45, 2.75) is 19.3 Å². The van der Waals surface area contributed by atoms with Crippen LogP contribution in [0.2, 0.25) is 0 Å². The number of rotatable bonds is 4. The van der Waals surface area contributed by atoms with E-state index in [1.54, 1.807) is 0 Å². The summed E-state index contributed by atoms with van der Waals surface area (Å²) in [5.74, 6) is -0.573. The number of hydrogen-bond acceptors (Lipinski definition) is 3. The van der Waals surface area contributed by atoms with Crippen molar-refractivity contribution in [1.29, 1.82) is 0 Å². The Morgan fingerprint density at radius 1 is 1.50 bits per heavy atom. The first-order chi connectivity index (χ1) is 7.38. The largest absolute Gasteiger partial charge is 0.384 e. The summed E-state index contributed by atoms with van der Waals surface area (Å²) in [6.45, 7) is 3.99. The smallest absolute Gasteiger partial charge is 0.272 e. The zero-order valence-corrected chi connectivity index (χ0v) is 9.49. The van der Waals surface area contributed by atoms with E-state index in [-0.39, 0.29) is 5.69 Å². The topological polar surface area (TPSA) is 52.4 Å². The molecule has 0 unspecified atom stereocenters. The molecule has 4 nitrogen and oxygen atoms in total. The van der Waals surface area contributed by atoms with E-state index in [1.807, 2.05) is 13.8 Å². The number of halogens is 1. The number of benzene rings is 1. The van der Waals surface area contributed by atoms with Crippen molar-refractivity contribution < 1.29 is 14.1 Å². The Morgan fingerprint density at radius 2 is 2.12 bits per heavy atom. The van der Waals surface area contributed by atoms with Gasteiger partial charge in [-0.25, -0.2) is 4.39 Å². The van der Waals surface area contributed by atoms with Crippen LogP contribution in [0.25, 0.3) is 0 Å². The SMILES string of the molecule is COCC(C)(C)c1ccc([N+](=O)[O-])cc1F. The zero-order valence-electron chi connectivity index (χ0n) is 9.49. The normalized spacial score (nSPS) is 11.5. The maximum absolute atomic E-state index is 13.7. The van der Waals surface area contributed by atoms with Gasteiger partial charge in [0.1, 0.15) is 5.82 Å². The molecule has 0 fully saturated rings. The van der Waals surface area contributed by atoms with Gasteiger partial charge in [-0.1, -0.05) is 13.8 Å². The van der Waals surface area contributed by atoms with Gasteiger partial charge in [0.15, 0.2) is 0 Å². The molecular weight excluding hydrogens is 213 g/mol. The summed E-state index contributed by atoms with van der Waals surface area (Å²) in [5.41, 5.74) is -0.331. The van der Waals surface area contributed by atoms with E-state index < -0.39 is 16.2 Å². The maximum Gasteiger partial charge on any atom is 0.272 e. The highest BCUT2D eigenvalue weighted by Crippen LogP contribution is 2.28. The first-order valence-corrected chi connectivity index (χ1v) is 4.82. The van der Waals surface area contributed by atoms with Crippen LogP contribution in [0.3, 0.4) is 0 Å². The molecule has 0 aliphatic carbocycles. The van der Waals surface area contributed by atoms with Gasteiger partial charge in [0.05, 0.1) is 17.6 Å². The molecule has 1 rings (SSSR count). The molecule has 0 bridgehead atoms. The molecule has 0 atom stereocenters. The predicted molar refractivity (Wildman–Crippen MR) is 58.0 cm³/mol. The highest BCUT2D eigenvalue weighted by atomic mass is 19.1. The molecule has 5 heteroatoms. The lowest BCUT2D eigenvalue weighted by Crippen LogP contribution is -2.25. The van der Waals surface area contributed by atoms with E-state index in [4.69, 9.17) is 4.74 Å². The van der Waals surface area contributed by atoms with Crippen molar-refractivity contribution in [3.05, 3.63) is 39.7 Å². The first kappa shape index (κ1) is 12.6. The van der Waals surface area contributed by atoms with Gasteiger partial charge >= 0.3 is 0 Å². The van der Waals surface area contributed by atoms with E-state index in [0.29, 0.717) is 12.2 Å². The summed E-state index contributed by atoms with van der Waals surface area (Å²) in [5, 5.41) is 10.5.